The molecular weight excluding hydrogens is 200 g/mol. The summed E-state index contributed by atoms with van der Waals surface area (Å²) in [7, 11) is 1.82. The Bertz CT molecular complexity index is 202. The zero-order chi connectivity index (χ0) is 11.4. The van der Waals surface area contributed by atoms with Gasteiger partial charge in [-0.05, 0) is 38.1 Å². The molecule has 3 nitrogen and oxygen atoms in total. The molecule has 0 amide bonds. The largest absolute Gasteiger partial charge is 0.383 e. The molecule has 0 aliphatic heterocycles. The van der Waals surface area contributed by atoms with Crippen molar-refractivity contribution >= 4 is 0 Å². The van der Waals surface area contributed by atoms with Gasteiger partial charge in [-0.2, -0.15) is 0 Å². The predicted octanol–water partition coefficient (Wildman–Crippen LogP) is 1.49. The number of ether oxygens (including phenoxy) is 1. The molecule has 0 bridgehead atoms. The molecule has 0 radical (unpaired) electrons. The summed E-state index contributed by atoms with van der Waals surface area (Å²) in [5.41, 5.74) is 0. The van der Waals surface area contributed by atoms with Gasteiger partial charge in [0.2, 0.25) is 0 Å². The van der Waals surface area contributed by atoms with Gasteiger partial charge in [-0.25, -0.2) is 0 Å². The maximum atomic E-state index is 5.38. The fourth-order valence-corrected chi connectivity index (χ4v) is 2.38. The highest BCUT2D eigenvalue weighted by Crippen LogP contribution is 2.35. The lowest BCUT2D eigenvalue weighted by Gasteiger charge is -2.31. The van der Waals surface area contributed by atoms with Crippen LogP contribution in [0.15, 0.2) is 0 Å². The molecular formula is C13H26N2O. The molecule has 3 heteroatoms. The first-order valence-electron chi connectivity index (χ1n) is 6.80. The second kappa shape index (κ2) is 5.99. The molecule has 16 heavy (non-hydrogen) atoms. The van der Waals surface area contributed by atoms with Crippen LogP contribution >= 0.6 is 0 Å². The molecule has 1 atom stereocenters. The van der Waals surface area contributed by atoms with Gasteiger partial charge in [0.1, 0.15) is 0 Å². The molecule has 2 rings (SSSR count). The summed E-state index contributed by atoms with van der Waals surface area (Å²) in [6.07, 6.45) is 5.70. The van der Waals surface area contributed by atoms with Crippen LogP contribution in [0.3, 0.4) is 0 Å². The molecule has 94 valence electrons. The van der Waals surface area contributed by atoms with E-state index in [4.69, 9.17) is 4.74 Å². The monoisotopic (exact) mass is 226 g/mol. The van der Waals surface area contributed by atoms with Crippen LogP contribution in [0.5, 0.6) is 0 Å². The van der Waals surface area contributed by atoms with Crippen molar-refractivity contribution in [3.05, 3.63) is 0 Å². The van der Waals surface area contributed by atoms with Crippen LogP contribution in [0.25, 0.3) is 0 Å². The molecule has 0 spiro atoms. The Hall–Kier alpha value is -0.120. The molecule has 0 aromatic carbocycles. The standard InChI is InChI=1S/C13H26N2O/c1-3-14-8-13(10-16-2)15(12-6-7-12)9-11-4-5-11/h11-14H,3-10H2,1-2H3. The van der Waals surface area contributed by atoms with Crippen molar-refractivity contribution in [2.45, 2.75) is 44.7 Å². The van der Waals surface area contributed by atoms with Gasteiger partial charge in [-0.3, -0.25) is 4.90 Å². The van der Waals surface area contributed by atoms with Crippen LogP contribution in [-0.4, -0.2) is 50.3 Å². The third-order valence-corrected chi connectivity index (χ3v) is 3.64. The van der Waals surface area contributed by atoms with Crippen molar-refractivity contribution in [1.82, 2.24) is 10.2 Å². The molecule has 0 aromatic rings. The number of hydrogen-bond donors (Lipinski definition) is 1. The van der Waals surface area contributed by atoms with Gasteiger partial charge < -0.3 is 10.1 Å². The van der Waals surface area contributed by atoms with Gasteiger partial charge in [0.05, 0.1) is 6.61 Å². The van der Waals surface area contributed by atoms with E-state index in [1.165, 1.54) is 32.2 Å². The van der Waals surface area contributed by atoms with E-state index in [0.717, 1.165) is 31.7 Å². The lowest BCUT2D eigenvalue weighted by atomic mass is 10.2. The number of nitrogens with one attached hydrogen (secondary N) is 1. The van der Waals surface area contributed by atoms with Crippen molar-refractivity contribution in [1.29, 1.82) is 0 Å². The molecule has 2 aliphatic carbocycles. The first kappa shape index (κ1) is 12.3. The summed E-state index contributed by atoms with van der Waals surface area (Å²) in [5, 5.41) is 3.47. The van der Waals surface area contributed by atoms with Gasteiger partial charge in [-0.15, -0.1) is 0 Å². The predicted molar refractivity (Wildman–Crippen MR) is 66.7 cm³/mol. The average molecular weight is 226 g/mol. The minimum atomic E-state index is 0.582. The first-order valence-corrected chi connectivity index (χ1v) is 6.80. The quantitative estimate of drug-likeness (QED) is 0.644. The molecule has 1 unspecified atom stereocenters. The number of hydrogen-bond acceptors (Lipinski definition) is 3. The van der Waals surface area contributed by atoms with Crippen LogP contribution in [-0.2, 0) is 4.74 Å². The lowest BCUT2D eigenvalue weighted by molar-refractivity contribution is 0.0808. The van der Waals surface area contributed by atoms with E-state index in [0.29, 0.717) is 6.04 Å². The van der Waals surface area contributed by atoms with E-state index in [9.17, 15) is 0 Å². The summed E-state index contributed by atoms with van der Waals surface area (Å²) in [6, 6.07) is 1.44. The molecule has 0 heterocycles. The zero-order valence-electron chi connectivity index (χ0n) is 10.7. The van der Waals surface area contributed by atoms with Gasteiger partial charge in [0, 0.05) is 32.3 Å². The maximum absolute atomic E-state index is 5.38. The minimum Gasteiger partial charge on any atom is -0.383 e. The highest BCUT2D eigenvalue weighted by atomic mass is 16.5. The Morgan fingerprint density at radius 1 is 1.31 bits per heavy atom. The van der Waals surface area contributed by atoms with Crippen LogP contribution in [0.4, 0.5) is 0 Å². The Balaban J connectivity index is 1.83. The van der Waals surface area contributed by atoms with Crippen molar-refractivity contribution in [3.63, 3.8) is 0 Å². The van der Waals surface area contributed by atoms with Crippen LogP contribution in [0.1, 0.15) is 32.6 Å². The summed E-state index contributed by atoms with van der Waals surface area (Å²) in [6.45, 7) is 6.49. The van der Waals surface area contributed by atoms with Crippen molar-refractivity contribution in [3.8, 4) is 0 Å². The second-order valence-corrected chi connectivity index (χ2v) is 5.29. The van der Waals surface area contributed by atoms with Gasteiger partial charge in [0.25, 0.3) is 0 Å². The van der Waals surface area contributed by atoms with Gasteiger partial charge in [-0.1, -0.05) is 6.92 Å². The fourth-order valence-electron chi connectivity index (χ4n) is 2.38. The van der Waals surface area contributed by atoms with E-state index >= 15 is 0 Å². The average Bonchev–Trinajstić information content (AvgIpc) is 3.15. The summed E-state index contributed by atoms with van der Waals surface area (Å²) in [4.78, 5) is 2.71. The highest BCUT2D eigenvalue weighted by molar-refractivity contribution is 4.92. The Morgan fingerprint density at radius 3 is 2.56 bits per heavy atom. The van der Waals surface area contributed by atoms with Crippen LogP contribution < -0.4 is 5.32 Å². The highest BCUT2D eigenvalue weighted by Gasteiger charge is 2.37. The van der Waals surface area contributed by atoms with Crippen molar-refractivity contribution in [2.24, 2.45) is 5.92 Å². The van der Waals surface area contributed by atoms with E-state index in [1.807, 2.05) is 7.11 Å². The number of nitrogens with zero attached hydrogens (tertiary/aromatic N) is 1. The third kappa shape index (κ3) is 3.72. The normalized spacial score (nSPS) is 22.7. The van der Waals surface area contributed by atoms with Crippen LogP contribution in [0, 0.1) is 5.92 Å². The number of methoxy groups -OCH3 is 1. The minimum absolute atomic E-state index is 0.582. The van der Waals surface area contributed by atoms with Crippen LogP contribution in [0.2, 0.25) is 0 Å². The number of likely N-dealkylation sites (N-methyl/N-ethyl adjacent to an activating group) is 1. The van der Waals surface area contributed by atoms with Crippen molar-refractivity contribution < 1.29 is 4.74 Å². The molecule has 2 saturated carbocycles. The molecule has 2 aliphatic rings. The molecule has 0 saturated heterocycles. The molecule has 0 aromatic heterocycles. The van der Waals surface area contributed by atoms with E-state index in [1.54, 1.807) is 0 Å². The second-order valence-electron chi connectivity index (χ2n) is 5.29. The first-order chi connectivity index (χ1) is 7.85. The van der Waals surface area contributed by atoms with Gasteiger partial charge in [0.15, 0.2) is 0 Å². The van der Waals surface area contributed by atoms with Gasteiger partial charge >= 0.3 is 0 Å². The third-order valence-electron chi connectivity index (χ3n) is 3.64. The van der Waals surface area contributed by atoms with E-state index in [2.05, 4.69) is 17.1 Å². The zero-order valence-corrected chi connectivity index (χ0v) is 10.7. The Morgan fingerprint density at radius 2 is 2.06 bits per heavy atom. The topological polar surface area (TPSA) is 24.5 Å². The number of rotatable bonds is 9. The summed E-state index contributed by atoms with van der Waals surface area (Å²) in [5.74, 6) is 0.988. The SMILES string of the molecule is CCNCC(COC)N(CC1CC1)C1CC1. The van der Waals surface area contributed by atoms with E-state index < -0.39 is 0 Å². The Kier molecular flexibility index (Phi) is 4.62. The maximum Gasteiger partial charge on any atom is 0.0630 e. The Labute approximate surface area is 99.5 Å². The lowest BCUT2D eigenvalue weighted by Crippen LogP contribution is -2.47. The van der Waals surface area contributed by atoms with E-state index in [-0.39, 0.29) is 0 Å². The molecule has 2 fully saturated rings. The molecule has 1 N–H and O–H groups in total. The summed E-state index contributed by atoms with van der Waals surface area (Å²) < 4.78 is 5.38. The smallest absolute Gasteiger partial charge is 0.0630 e. The summed E-state index contributed by atoms with van der Waals surface area (Å²) >= 11 is 0. The van der Waals surface area contributed by atoms with Crippen molar-refractivity contribution in [2.75, 3.05) is 33.4 Å². The fraction of sp³-hybridized carbons (Fsp3) is 1.00.